The van der Waals surface area contributed by atoms with Gasteiger partial charge in [0.05, 0.1) is 25.9 Å². The average molecular weight is 263 g/mol. The Labute approximate surface area is 111 Å². The molecule has 0 radical (unpaired) electrons. The van der Waals surface area contributed by atoms with Gasteiger partial charge in [-0.25, -0.2) is 0 Å². The summed E-state index contributed by atoms with van der Waals surface area (Å²) >= 11 is 0. The summed E-state index contributed by atoms with van der Waals surface area (Å²) in [7, 11) is 3.37. The summed E-state index contributed by atoms with van der Waals surface area (Å²) in [5.41, 5.74) is 0. The third-order valence-corrected chi connectivity index (χ3v) is 2.37. The molecule has 1 unspecified atom stereocenters. The highest BCUT2D eigenvalue weighted by molar-refractivity contribution is 4.60. The molecule has 110 valence electrons. The third kappa shape index (κ3) is 12.3. The fourth-order valence-electron chi connectivity index (χ4n) is 1.45. The van der Waals surface area contributed by atoms with E-state index in [1.807, 2.05) is 0 Å². The number of methoxy groups -OCH3 is 2. The Kier molecular flexibility index (Phi) is 14.7. The van der Waals surface area contributed by atoms with Crippen LogP contribution in [0.5, 0.6) is 0 Å². The molecule has 0 saturated heterocycles. The summed E-state index contributed by atoms with van der Waals surface area (Å²) < 4.78 is 21.1. The van der Waals surface area contributed by atoms with Gasteiger partial charge in [0.1, 0.15) is 0 Å². The largest absolute Gasteiger partial charge is 0.382 e. The summed E-state index contributed by atoms with van der Waals surface area (Å²) in [5, 5.41) is 3.34. The van der Waals surface area contributed by atoms with Crippen molar-refractivity contribution in [3.63, 3.8) is 0 Å². The molecule has 0 aliphatic heterocycles. The van der Waals surface area contributed by atoms with Crippen molar-refractivity contribution in [3.8, 4) is 0 Å². The fraction of sp³-hybridized carbons (Fsp3) is 1.00. The Balaban J connectivity index is 3.39. The zero-order valence-electron chi connectivity index (χ0n) is 12.1. The van der Waals surface area contributed by atoms with Crippen LogP contribution in [-0.4, -0.2) is 66.4 Å². The number of ether oxygens (including phenoxy) is 4. The molecule has 0 aromatic carbocycles. The molecule has 0 aromatic heterocycles. The topological polar surface area (TPSA) is 49.0 Å². The number of hydrogen-bond donors (Lipinski definition) is 1. The average Bonchev–Trinajstić information content (AvgIpc) is 2.38. The van der Waals surface area contributed by atoms with Crippen LogP contribution < -0.4 is 5.32 Å². The first kappa shape index (κ1) is 17.8. The Morgan fingerprint density at radius 2 is 1.83 bits per heavy atom. The Morgan fingerprint density at radius 1 is 1.00 bits per heavy atom. The fourth-order valence-corrected chi connectivity index (χ4v) is 1.45. The van der Waals surface area contributed by atoms with Crippen molar-refractivity contribution in [2.45, 2.75) is 25.9 Å². The van der Waals surface area contributed by atoms with Gasteiger partial charge in [-0.2, -0.15) is 0 Å². The third-order valence-electron chi connectivity index (χ3n) is 2.37. The molecule has 0 bridgehead atoms. The van der Waals surface area contributed by atoms with Gasteiger partial charge in [0.15, 0.2) is 0 Å². The highest BCUT2D eigenvalue weighted by Crippen LogP contribution is 1.95. The van der Waals surface area contributed by atoms with Gasteiger partial charge in [0.2, 0.25) is 0 Å². The van der Waals surface area contributed by atoms with Crippen LogP contribution in [0, 0.1) is 0 Å². The van der Waals surface area contributed by atoms with Gasteiger partial charge in [-0.1, -0.05) is 6.92 Å². The summed E-state index contributed by atoms with van der Waals surface area (Å²) in [4.78, 5) is 0. The first-order chi connectivity index (χ1) is 8.85. The molecule has 1 N–H and O–H groups in total. The predicted octanol–water partition coefficient (Wildman–Crippen LogP) is 1.07. The number of hydrogen-bond acceptors (Lipinski definition) is 5. The van der Waals surface area contributed by atoms with Crippen LogP contribution in [0.4, 0.5) is 0 Å². The van der Waals surface area contributed by atoms with Crippen LogP contribution in [0.25, 0.3) is 0 Å². The minimum atomic E-state index is 0.125. The quantitative estimate of drug-likeness (QED) is 0.475. The van der Waals surface area contributed by atoms with Gasteiger partial charge in [-0.15, -0.1) is 0 Å². The Hall–Kier alpha value is -0.200. The molecule has 0 aliphatic carbocycles. The highest BCUT2D eigenvalue weighted by Gasteiger charge is 2.07. The van der Waals surface area contributed by atoms with Crippen molar-refractivity contribution >= 4 is 0 Å². The second kappa shape index (κ2) is 14.9. The maximum atomic E-state index is 5.74. The molecular weight excluding hydrogens is 234 g/mol. The molecule has 5 heteroatoms. The molecule has 0 heterocycles. The van der Waals surface area contributed by atoms with Crippen molar-refractivity contribution < 1.29 is 18.9 Å². The van der Waals surface area contributed by atoms with Gasteiger partial charge in [-0.3, -0.25) is 0 Å². The standard InChI is InChI=1S/C13H29NO4/c1-4-6-14-11-13(12-16-3)18-8-5-7-17-10-9-15-2/h13-14H,4-12H2,1-3H3. The van der Waals surface area contributed by atoms with Gasteiger partial charge in [0.25, 0.3) is 0 Å². The lowest BCUT2D eigenvalue weighted by atomic mass is 10.3. The molecule has 0 fully saturated rings. The Morgan fingerprint density at radius 3 is 2.50 bits per heavy atom. The molecule has 0 amide bonds. The lowest BCUT2D eigenvalue weighted by Gasteiger charge is -2.17. The monoisotopic (exact) mass is 263 g/mol. The van der Waals surface area contributed by atoms with Crippen molar-refractivity contribution in [1.29, 1.82) is 0 Å². The van der Waals surface area contributed by atoms with Gasteiger partial charge in [0, 0.05) is 34.0 Å². The van der Waals surface area contributed by atoms with Crippen molar-refractivity contribution in [1.82, 2.24) is 5.32 Å². The summed E-state index contributed by atoms with van der Waals surface area (Å²) in [5.74, 6) is 0. The van der Waals surface area contributed by atoms with E-state index in [0.717, 1.165) is 25.9 Å². The number of rotatable bonds is 14. The minimum absolute atomic E-state index is 0.125. The summed E-state index contributed by atoms with van der Waals surface area (Å²) in [6.07, 6.45) is 2.16. The molecule has 0 spiro atoms. The molecular formula is C13H29NO4. The zero-order chi connectivity index (χ0) is 13.5. The second-order valence-corrected chi connectivity index (χ2v) is 4.11. The van der Waals surface area contributed by atoms with E-state index in [9.17, 15) is 0 Å². The van der Waals surface area contributed by atoms with E-state index in [2.05, 4.69) is 12.2 Å². The van der Waals surface area contributed by atoms with E-state index in [0.29, 0.717) is 33.0 Å². The summed E-state index contributed by atoms with van der Waals surface area (Å²) in [6, 6.07) is 0. The SMILES string of the molecule is CCCNCC(COC)OCCCOCCOC. The molecule has 0 aliphatic rings. The van der Waals surface area contributed by atoms with E-state index in [1.54, 1.807) is 14.2 Å². The molecule has 0 saturated carbocycles. The van der Waals surface area contributed by atoms with Crippen LogP contribution in [0.2, 0.25) is 0 Å². The van der Waals surface area contributed by atoms with Crippen LogP contribution in [0.1, 0.15) is 19.8 Å². The van der Waals surface area contributed by atoms with Crippen molar-refractivity contribution in [2.75, 3.05) is 60.3 Å². The van der Waals surface area contributed by atoms with Crippen LogP contribution in [-0.2, 0) is 18.9 Å². The van der Waals surface area contributed by atoms with Crippen molar-refractivity contribution in [2.24, 2.45) is 0 Å². The minimum Gasteiger partial charge on any atom is -0.382 e. The molecule has 5 nitrogen and oxygen atoms in total. The second-order valence-electron chi connectivity index (χ2n) is 4.11. The Bertz CT molecular complexity index is 158. The van der Waals surface area contributed by atoms with E-state index >= 15 is 0 Å². The maximum Gasteiger partial charge on any atom is 0.0932 e. The van der Waals surface area contributed by atoms with E-state index in [1.165, 1.54) is 0 Å². The lowest BCUT2D eigenvalue weighted by Crippen LogP contribution is -2.33. The van der Waals surface area contributed by atoms with Gasteiger partial charge < -0.3 is 24.3 Å². The molecule has 1 atom stereocenters. The van der Waals surface area contributed by atoms with Crippen molar-refractivity contribution in [3.05, 3.63) is 0 Å². The predicted molar refractivity (Wildman–Crippen MR) is 72.1 cm³/mol. The first-order valence-corrected chi connectivity index (χ1v) is 6.73. The smallest absolute Gasteiger partial charge is 0.0932 e. The molecule has 18 heavy (non-hydrogen) atoms. The highest BCUT2D eigenvalue weighted by atomic mass is 16.5. The molecule has 0 rings (SSSR count). The van der Waals surface area contributed by atoms with E-state index < -0.39 is 0 Å². The van der Waals surface area contributed by atoms with Gasteiger partial charge >= 0.3 is 0 Å². The lowest BCUT2D eigenvalue weighted by molar-refractivity contribution is -0.0122. The summed E-state index contributed by atoms with van der Waals surface area (Å²) in [6.45, 7) is 7.35. The first-order valence-electron chi connectivity index (χ1n) is 6.73. The van der Waals surface area contributed by atoms with E-state index in [4.69, 9.17) is 18.9 Å². The maximum absolute atomic E-state index is 5.74. The number of nitrogens with one attached hydrogen (secondary N) is 1. The van der Waals surface area contributed by atoms with Crippen LogP contribution >= 0.6 is 0 Å². The van der Waals surface area contributed by atoms with E-state index in [-0.39, 0.29) is 6.10 Å². The van der Waals surface area contributed by atoms with Crippen LogP contribution in [0.3, 0.4) is 0 Å². The normalized spacial score (nSPS) is 12.8. The zero-order valence-corrected chi connectivity index (χ0v) is 12.1. The van der Waals surface area contributed by atoms with Gasteiger partial charge in [-0.05, 0) is 19.4 Å². The van der Waals surface area contributed by atoms with Crippen LogP contribution in [0.15, 0.2) is 0 Å². The molecule has 0 aromatic rings.